The maximum Gasteiger partial charge on any atom is 0.244 e. The van der Waals surface area contributed by atoms with Crippen molar-refractivity contribution in [2.45, 2.75) is 59.5 Å². The minimum Gasteiger partial charge on any atom is -0.354 e. The first-order valence-corrected chi connectivity index (χ1v) is 15.6. The SMILES string of the molecule is CCCCNC(=O)[C@@H](Cc1ccccc1)N(Cc1ccccc1C)C(=O)CN(c1cc(C)cc(C)c1)S(C)(=O)=O. The second-order valence-electron chi connectivity index (χ2n) is 10.4. The summed E-state index contributed by atoms with van der Waals surface area (Å²) in [5, 5.41) is 3.01. The maximum atomic E-state index is 14.2. The number of aryl methyl sites for hydroxylation is 3. The van der Waals surface area contributed by atoms with Gasteiger partial charge in [0.2, 0.25) is 21.8 Å². The minimum absolute atomic E-state index is 0.175. The Morgan fingerprint density at radius 3 is 2.12 bits per heavy atom. The largest absolute Gasteiger partial charge is 0.354 e. The van der Waals surface area contributed by atoms with Gasteiger partial charge in [-0.2, -0.15) is 0 Å². The Labute approximate surface area is 239 Å². The van der Waals surface area contributed by atoms with E-state index in [4.69, 9.17) is 0 Å². The molecule has 0 unspecified atom stereocenters. The molecule has 1 atom stereocenters. The molecule has 7 nitrogen and oxygen atoms in total. The van der Waals surface area contributed by atoms with E-state index in [9.17, 15) is 18.0 Å². The van der Waals surface area contributed by atoms with Crippen LogP contribution in [0.5, 0.6) is 0 Å². The molecule has 0 heterocycles. The second-order valence-corrected chi connectivity index (χ2v) is 12.3. The Balaban J connectivity index is 2.06. The Kier molecular flexibility index (Phi) is 10.9. The molecule has 0 radical (unpaired) electrons. The summed E-state index contributed by atoms with van der Waals surface area (Å²) in [6.07, 6.45) is 3.15. The number of benzene rings is 3. The highest BCUT2D eigenvalue weighted by atomic mass is 32.2. The van der Waals surface area contributed by atoms with E-state index in [-0.39, 0.29) is 12.5 Å². The van der Waals surface area contributed by atoms with Gasteiger partial charge in [0.1, 0.15) is 12.6 Å². The smallest absolute Gasteiger partial charge is 0.244 e. The van der Waals surface area contributed by atoms with Crippen LogP contribution < -0.4 is 9.62 Å². The zero-order valence-corrected chi connectivity index (χ0v) is 25.0. The first-order chi connectivity index (χ1) is 19.0. The third kappa shape index (κ3) is 8.68. The summed E-state index contributed by atoms with van der Waals surface area (Å²) < 4.78 is 27.1. The molecule has 0 aromatic heterocycles. The van der Waals surface area contributed by atoms with Gasteiger partial charge in [-0.15, -0.1) is 0 Å². The predicted molar refractivity (Wildman–Crippen MR) is 162 cm³/mol. The van der Waals surface area contributed by atoms with Gasteiger partial charge < -0.3 is 10.2 Å². The zero-order valence-electron chi connectivity index (χ0n) is 24.2. The normalized spacial score (nSPS) is 12.0. The molecule has 2 amide bonds. The third-order valence-electron chi connectivity index (χ3n) is 6.88. The molecule has 1 N–H and O–H groups in total. The highest BCUT2D eigenvalue weighted by Crippen LogP contribution is 2.23. The van der Waals surface area contributed by atoms with Gasteiger partial charge >= 0.3 is 0 Å². The van der Waals surface area contributed by atoms with E-state index in [1.165, 1.54) is 4.90 Å². The van der Waals surface area contributed by atoms with Gasteiger partial charge in [0, 0.05) is 19.5 Å². The molecule has 0 saturated carbocycles. The van der Waals surface area contributed by atoms with Crippen LogP contribution in [0.4, 0.5) is 5.69 Å². The number of nitrogens with zero attached hydrogens (tertiary/aromatic N) is 2. The van der Waals surface area contributed by atoms with E-state index < -0.39 is 28.5 Å². The molecule has 0 saturated heterocycles. The van der Waals surface area contributed by atoms with Gasteiger partial charge in [-0.3, -0.25) is 13.9 Å². The van der Waals surface area contributed by atoms with Crippen molar-refractivity contribution >= 4 is 27.5 Å². The monoisotopic (exact) mass is 563 g/mol. The highest BCUT2D eigenvalue weighted by Gasteiger charge is 2.33. The van der Waals surface area contributed by atoms with E-state index >= 15 is 0 Å². The standard InChI is InChI=1S/C32H41N3O4S/c1-6-7-17-33-32(37)30(21-27-14-9-8-10-15-27)34(22-28-16-12-11-13-26(28)4)31(36)23-35(40(5,38)39)29-19-24(2)18-25(3)20-29/h8-16,18-20,30H,6-7,17,21-23H2,1-5H3,(H,33,37)/t30-/m1/s1. The van der Waals surface area contributed by atoms with E-state index in [0.717, 1.165) is 51.2 Å². The van der Waals surface area contributed by atoms with Crippen LogP contribution in [-0.2, 0) is 32.6 Å². The lowest BCUT2D eigenvalue weighted by molar-refractivity contribution is -0.140. The topological polar surface area (TPSA) is 86.8 Å². The van der Waals surface area contributed by atoms with Crippen LogP contribution in [0, 0.1) is 20.8 Å². The third-order valence-corrected chi connectivity index (χ3v) is 8.02. The Bertz CT molecular complexity index is 1390. The number of amides is 2. The lowest BCUT2D eigenvalue weighted by Gasteiger charge is -2.34. The van der Waals surface area contributed by atoms with Crippen molar-refractivity contribution in [1.29, 1.82) is 0 Å². The predicted octanol–water partition coefficient (Wildman–Crippen LogP) is 4.93. The van der Waals surface area contributed by atoms with Crippen molar-refractivity contribution in [3.63, 3.8) is 0 Å². The summed E-state index contributed by atoms with van der Waals surface area (Å²) in [7, 11) is -3.80. The highest BCUT2D eigenvalue weighted by molar-refractivity contribution is 7.92. The first-order valence-electron chi connectivity index (χ1n) is 13.7. The number of sulfonamides is 1. The number of unbranched alkanes of at least 4 members (excludes halogenated alkanes) is 1. The van der Waals surface area contributed by atoms with Gasteiger partial charge in [0.25, 0.3) is 0 Å². The van der Waals surface area contributed by atoms with Gasteiger partial charge in [0.05, 0.1) is 11.9 Å². The lowest BCUT2D eigenvalue weighted by atomic mass is 10.0. The van der Waals surface area contributed by atoms with Crippen molar-refractivity contribution in [1.82, 2.24) is 10.2 Å². The molecule has 8 heteroatoms. The molecule has 40 heavy (non-hydrogen) atoms. The van der Waals surface area contributed by atoms with Crippen LogP contribution in [0.1, 0.15) is 47.6 Å². The molecule has 0 spiro atoms. The minimum atomic E-state index is -3.80. The van der Waals surface area contributed by atoms with E-state index in [1.807, 2.05) is 81.4 Å². The summed E-state index contributed by atoms with van der Waals surface area (Å²) >= 11 is 0. The molecule has 0 fully saturated rings. The number of carbonyl (C=O) groups is 2. The fourth-order valence-corrected chi connectivity index (χ4v) is 5.57. The van der Waals surface area contributed by atoms with Crippen molar-refractivity contribution in [2.24, 2.45) is 0 Å². The fraction of sp³-hybridized carbons (Fsp3) is 0.375. The Morgan fingerprint density at radius 1 is 0.900 bits per heavy atom. The number of nitrogens with one attached hydrogen (secondary N) is 1. The summed E-state index contributed by atoms with van der Waals surface area (Å²) in [6.45, 7) is 8.05. The van der Waals surface area contributed by atoms with Crippen molar-refractivity contribution in [3.05, 3.63) is 101 Å². The molecule has 0 bridgehead atoms. The maximum absolute atomic E-state index is 14.2. The summed E-state index contributed by atoms with van der Waals surface area (Å²) in [6, 6.07) is 21.9. The second kappa shape index (κ2) is 14.1. The van der Waals surface area contributed by atoms with Crippen LogP contribution in [-0.4, -0.2) is 50.5 Å². The molecule has 3 aromatic carbocycles. The number of rotatable bonds is 13. The van der Waals surface area contributed by atoms with Gasteiger partial charge in [-0.1, -0.05) is 74.0 Å². The van der Waals surface area contributed by atoms with E-state index in [1.54, 1.807) is 12.1 Å². The van der Waals surface area contributed by atoms with Crippen LogP contribution in [0.3, 0.4) is 0 Å². The van der Waals surface area contributed by atoms with Gasteiger partial charge in [-0.05, 0) is 67.1 Å². The van der Waals surface area contributed by atoms with Crippen LogP contribution in [0.25, 0.3) is 0 Å². The van der Waals surface area contributed by atoms with Crippen LogP contribution in [0.2, 0.25) is 0 Å². The molecule has 0 aliphatic heterocycles. The van der Waals surface area contributed by atoms with Gasteiger partial charge in [0.15, 0.2) is 0 Å². The van der Waals surface area contributed by atoms with Crippen molar-refractivity contribution in [2.75, 3.05) is 23.7 Å². The summed E-state index contributed by atoms with van der Waals surface area (Å²) in [4.78, 5) is 29.4. The molecule has 3 rings (SSSR count). The van der Waals surface area contributed by atoms with Crippen LogP contribution in [0.15, 0.2) is 72.8 Å². The average molecular weight is 564 g/mol. The van der Waals surface area contributed by atoms with Gasteiger partial charge in [-0.25, -0.2) is 8.42 Å². The quantitative estimate of drug-likeness (QED) is 0.299. The van der Waals surface area contributed by atoms with Crippen molar-refractivity contribution < 1.29 is 18.0 Å². The molecule has 214 valence electrons. The molecule has 0 aliphatic carbocycles. The molecular weight excluding hydrogens is 522 g/mol. The lowest BCUT2D eigenvalue weighted by Crippen LogP contribution is -2.53. The van der Waals surface area contributed by atoms with Crippen molar-refractivity contribution in [3.8, 4) is 0 Å². The Morgan fingerprint density at radius 2 is 1.52 bits per heavy atom. The number of anilines is 1. The first kappa shape index (κ1) is 30.9. The van der Waals surface area contributed by atoms with Crippen LogP contribution >= 0.6 is 0 Å². The fourth-order valence-electron chi connectivity index (χ4n) is 4.74. The molecular formula is C32H41N3O4S. The summed E-state index contributed by atoms with van der Waals surface area (Å²) in [5.41, 5.74) is 5.01. The number of hydrogen-bond donors (Lipinski definition) is 1. The average Bonchev–Trinajstić information content (AvgIpc) is 2.89. The summed E-state index contributed by atoms with van der Waals surface area (Å²) in [5.74, 6) is -0.698. The Hall–Kier alpha value is -3.65. The van der Waals surface area contributed by atoms with E-state index in [2.05, 4.69) is 12.2 Å². The molecule has 0 aliphatic rings. The number of carbonyl (C=O) groups excluding carboxylic acids is 2. The molecule has 3 aromatic rings. The zero-order chi connectivity index (χ0) is 29.3. The number of hydrogen-bond acceptors (Lipinski definition) is 4. The van der Waals surface area contributed by atoms with E-state index in [0.29, 0.717) is 18.7 Å².